The lowest BCUT2D eigenvalue weighted by atomic mass is 10.2. The quantitative estimate of drug-likeness (QED) is 0.518. The third-order valence-electron chi connectivity index (χ3n) is 1.41. The minimum atomic E-state index is -0.854. The molecule has 9 heavy (non-hydrogen) atoms. The van der Waals surface area contributed by atoms with Crippen LogP contribution in [-0.4, -0.2) is 29.0 Å². The Balaban J connectivity index is 2.49. The summed E-state index contributed by atoms with van der Waals surface area (Å²) < 4.78 is 0. The van der Waals surface area contributed by atoms with Gasteiger partial charge >= 0.3 is 5.97 Å². The summed E-state index contributed by atoms with van der Waals surface area (Å²) in [5.41, 5.74) is 0. The average molecular weight is 150 g/mol. The van der Waals surface area contributed by atoms with E-state index >= 15 is 0 Å². The number of hydrogen-bond acceptors (Lipinski definition) is 2. The molecular weight excluding hydrogens is 142 g/mol. The Bertz CT molecular complexity index is 128. The summed E-state index contributed by atoms with van der Waals surface area (Å²) in [6, 6.07) is -0.535. The van der Waals surface area contributed by atoms with Crippen molar-refractivity contribution in [3.63, 3.8) is 0 Å². The van der Waals surface area contributed by atoms with Gasteiger partial charge in [-0.05, 0) is 13.0 Å². The van der Waals surface area contributed by atoms with E-state index in [0.29, 0.717) is 6.54 Å². The molecule has 1 saturated heterocycles. The molecule has 0 saturated carbocycles. The second kappa shape index (κ2) is 2.54. The molecule has 1 rings (SSSR count). The van der Waals surface area contributed by atoms with Crippen LogP contribution in [0.3, 0.4) is 0 Å². The number of hydrogen-bond donors (Lipinski definition) is 2. The number of rotatable bonds is 1. The highest BCUT2D eigenvalue weighted by atomic mass is 35.5. The molecule has 0 unspecified atom stereocenters. The molecule has 0 aromatic carbocycles. The molecule has 0 aliphatic carbocycles. The highest BCUT2D eigenvalue weighted by Crippen LogP contribution is 2.13. The first-order valence-corrected chi connectivity index (χ1v) is 3.25. The highest BCUT2D eigenvalue weighted by molar-refractivity contribution is 6.22. The largest absolute Gasteiger partial charge is 0.480 e. The summed E-state index contributed by atoms with van der Waals surface area (Å²) in [6.45, 7) is 0.713. The molecule has 0 radical (unpaired) electrons. The molecule has 4 heteroatoms. The van der Waals surface area contributed by atoms with Crippen molar-refractivity contribution >= 4 is 17.6 Å². The molecule has 0 amide bonds. The number of carboxylic acid groups (broad SMARTS) is 1. The fourth-order valence-corrected chi connectivity index (χ4v) is 1.22. The van der Waals surface area contributed by atoms with Gasteiger partial charge in [-0.3, -0.25) is 4.79 Å². The molecule has 2 atom stereocenters. The Labute approximate surface area is 58.0 Å². The van der Waals surface area contributed by atoms with Gasteiger partial charge in [0.15, 0.2) is 0 Å². The van der Waals surface area contributed by atoms with Gasteiger partial charge in [0.05, 0.1) is 5.38 Å². The summed E-state index contributed by atoms with van der Waals surface area (Å²) in [6.07, 6.45) is 0.749. The molecule has 0 aromatic rings. The predicted octanol–water partition coefficient (Wildman–Crippen LogP) is 0.0403. The topological polar surface area (TPSA) is 49.3 Å². The van der Waals surface area contributed by atoms with Crippen molar-refractivity contribution in [2.45, 2.75) is 17.8 Å². The third-order valence-corrected chi connectivity index (χ3v) is 1.88. The van der Waals surface area contributed by atoms with Crippen LogP contribution in [0.2, 0.25) is 0 Å². The van der Waals surface area contributed by atoms with Crippen LogP contribution in [0.1, 0.15) is 6.42 Å². The number of halogens is 1. The number of alkyl halides is 1. The van der Waals surface area contributed by atoms with E-state index in [-0.39, 0.29) is 5.38 Å². The first kappa shape index (κ1) is 6.83. The smallest absolute Gasteiger partial charge is 0.322 e. The van der Waals surface area contributed by atoms with Crippen LogP contribution in [0.15, 0.2) is 0 Å². The van der Waals surface area contributed by atoms with Gasteiger partial charge in [0.2, 0.25) is 0 Å². The lowest BCUT2D eigenvalue weighted by Crippen LogP contribution is -2.35. The van der Waals surface area contributed by atoms with E-state index in [0.717, 1.165) is 6.42 Å². The van der Waals surface area contributed by atoms with E-state index in [2.05, 4.69) is 5.32 Å². The summed E-state index contributed by atoms with van der Waals surface area (Å²) in [5, 5.41) is 11.0. The Morgan fingerprint density at radius 1 is 1.78 bits per heavy atom. The molecule has 0 bridgehead atoms. The van der Waals surface area contributed by atoms with Crippen LogP contribution in [-0.2, 0) is 4.79 Å². The summed E-state index contributed by atoms with van der Waals surface area (Å²) >= 11 is 5.63. The van der Waals surface area contributed by atoms with Gasteiger partial charge in [-0.15, -0.1) is 11.6 Å². The maximum Gasteiger partial charge on any atom is 0.322 e. The Kier molecular flexibility index (Phi) is 1.93. The zero-order valence-corrected chi connectivity index (χ0v) is 5.56. The van der Waals surface area contributed by atoms with Gasteiger partial charge in [0.1, 0.15) is 6.04 Å². The fourth-order valence-electron chi connectivity index (χ4n) is 0.913. The van der Waals surface area contributed by atoms with Gasteiger partial charge in [-0.2, -0.15) is 0 Å². The van der Waals surface area contributed by atoms with Gasteiger partial charge in [0, 0.05) is 0 Å². The van der Waals surface area contributed by atoms with Crippen LogP contribution in [0.4, 0.5) is 0 Å². The second-order valence-electron chi connectivity index (χ2n) is 2.07. The van der Waals surface area contributed by atoms with Crippen molar-refractivity contribution in [3.05, 3.63) is 0 Å². The van der Waals surface area contributed by atoms with Crippen molar-refractivity contribution in [2.24, 2.45) is 0 Å². The molecule has 1 fully saturated rings. The van der Waals surface area contributed by atoms with Gasteiger partial charge in [-0.1, -0.05) is 0 Å². The number of carboxylic acids is 1. The highest BCUT2D eigenvalue weighted by Gasteiger charge is 2.30. The standard InChI is InChI=1S/C5H8ClNO2/c6-3-1-2-7-4(3)5(8)9/h3-4,7H,1-2H2,(H,8,9)/t3-,4-/m0/s1. The van der Waals surface area contributed by atoms with Gasteiger partial charge < -0.3 is 10.4 Å². The maximum absolute atomic E-state index is 10.3. The normalized spacial score (nSPS) is 34.8. The molecule has 0 aromatic heterocycles. The number of aliphatic carboxylic acids is 1. The van der Waals surface area contributed by atoms with E-state index in [9.17, 15) is 4.79 Å². The van der Waals surface area contributed by atoms with Crippen molar-refractivity contribution in [2.75, 3.05) is 6.54 Å². The molecular formula is C5H8ClNO2. The zero-order chi connectivity index (χ0) is 6.85. The van der Waals surface area contributed by atoms with Crippen LogP contribution in [0.5, 0.6) is 0 Å². The SMILES string of the molecule is O=C(O)[C@H]1NCC[C@@H]1Cl. The van der Waals surface area contributed by atoms with Crippen LogP contribution in [0, 0.1) is 0 Å². The Hall–Kier alpha value is -0.280. The third kappa shape index (κ3) is 1.34. The van der Waals surface area contributed by atoms with E-state index < -0.39 is 12.0 Å². The monoisotopic (exact) mass is 149 g/mol. The minimum Gasteiger partial charge on any atom is -0.480 e. The Morgan fingerprint density at radius 3 is 2.67 bits per heavy atom. The zero-order valence-electron chi connectivity index (χ0n) is 4.80. The van der Waals surface area contributed by atoms with Crippen molar-refractivity contribution in [1.82, 2.24) is 5.32 Å². The van der Waals surface area contributed by atoms with E-state index in [1.54, 1.807) is 0 Å². The lowest BCUT2D eigenvalue weighted by Gasteiger charge is -2.05. The molecule has 3 nitrogen and oxygen atoms in total. The molecule has 1 aliphatic heterocycles. The van der Waals surface area contributed by atoms with E-state index in [4.69, 9.17) is 16.7 Å². The second-order valence-corrected chi connectivity index (χ2v) is 2.64. The maximum atomic E-state index is 10.3. The summed E-state index contributed by atoms with van der Waals surface area (Å²) in [5.74, 6) is -0.854. The van der Waals surface area contributed by atoms with Crippen molar-refractivity contribution < 1.29 is 9.90 Å². The van der Waals surface area contributed by atoms with Gasteiger partial charge in [-0.25, -0.2) is 0 Å². The molecule has 1 heterocycles. The predicted molar refractivity (Wildman–Crippen MR) is 33.7 cm³/mol. The van der Waals surface area contributed by atoms with Crippen molar-refractivity contribution in [1.29, 1.82) is 0 Å². The molecule has 0 spiro atoms. The molecule has 1 aliphatic rings. The van der Waals surface area contributed by atoms with Crippen LogP contribution >= 0.6 is 11.6 Å². The van der Waals surface area contributed by atoms with E-state index in [1.165, 1.54) is 0 Å². The number of carbonyl (C=O) groups is 1. The Morgan fingerprint density at radius 2 is 2.44 bits per heavy atom. The first-order valence-electron chi connectivity index (χ1n) is 2.82. The van der Waals surface area contributed by atoms with Crippen LogP contribution in [0.25, 0.3) is 0 Å². The summed E-state index contributed by atoms with van der Waals surface area (Å²) in [7, 11) is 0. The van der Waals surface area contributed by atoms with Crippen molar-refractivity contribution in [3.8, 4) is 0 Å². The minimum absolute atomic E-state index is 0.234. The average Bonchev–Trinajstić information content (AvgIpc) is 2.13. The fraction of sp³-hybridized carbons (Fsp3) is 0.800. The van der Waals surface area contributed by atoms with Crippen LogP contribution < -0.4 is 5.32 Å². The molecule has 2 N–H and O–H groups in total. The lowest BCUT2D eigenvalue weighted by molar-refractivity contribution is -0.138. The molecule has 52 valence electrons. The summed E-state index contributed by atoms with van der Waals surface area (Å²) in [4.78, 5) is 10.3. The van der Waals surface area contributed by atoms with E-state index in [1.807, 2.05) is 0 Å². The number of nitrogens with one attached hydrogen (secondary N) is 1. The van der Waals surface area contributed by atoms with Gasteiger partial charge in [0.25, 0.3) is 0 Å². The first-order chi connectivity index (χ1) is 4.22.